The molecule has 1 amide bonds. The number of alkyl halides is 1. The Labute approximate surface area is 88.6 Å². The van der Waals surface area contributed by atoms with E-state index in [0.717, 1.165) is 6.42 Å². The van der Waals surface area contributed by atoms with Gasteiger partial charge in [-0.15, -0.1) is 0 Å². The maximum atomic E-state index is 11.3. The Hall–Kier alpha value is -0.0900. The van der Waals surface area contributed by atoms with Crippen LogP contribution in [0.1, 0.15) is 20.3 Å². The highest BCUT2D eigenvalue weighted by Crippen LogP contribution is 1.99. The van der Waals surface area contributed by atoms with Crippen LogP contribution in [0, 0.1) is 0 Å². The third kappa shape index (κ3) is 7.02. The van der Waals surface area contributed by atoms with Crippen LogP contribution in [0.3, 0.4) is 0 Å². The van der Waals surface area contributed by atoms with Gasteiger partial charge >= 0.3 is 0 Å². The summed E-state index contributed by atoms with van der Waals surface area (Å²) in [4.78, 5) is 13.3. The first-order valence-corrected chi connectivity index (χ1v) is 5.45. The summed E-state index contributed by atoms with van der Waals surface area (Å²) in [7, 11) is 1.79. The van der Waals surface area contributed by atoms with Crippen LogP contribution in [-0.2, 0) is 9.53 Å². The molecular weight excluding hydrogens is 234 g/mol. The van der Waals surface area contributed by atoms with E-state index in [2.05, 4.69) is 15.9 Å². The van der Waals surface area contributed by atoms with Crippen LogP contribution in [0.4, 0.5) is 0 Å². The molecule has 13 heavy (non-hydrogen) atoms. The van der Waals surface area contributed by atoms with Crippen molar-refractivity contribution in [2.45, 2.75) is 25.1 Å². The standard InChI is InChI=1S/C9H18BrNO2/c1-4-5-13-7-9(12)11(3)6-8(2)10/h8H,4-7H2,1-3H3. The first-order valence-electron chi connectivity index (χ1n) is 4.53. The van der Waals surface area contributed by atoms with Crippen molar-refractivity contribution < 1.29 is 9.53 Å². The highest BCUT2D eigenvalue weighted by atomic mass is 79.9. The third-order valence-corrected chi connectivity index (χ3v) is 1.81. The van der Waals surface area contributed by atoms with Crippen molar-refractivity contribution >= 4 is 21.8 Å². The Balaban J connectivity index is 3.57. The second kappa shape index (κ2) is 7.33. The van der Waals surface area contributed by atoms with Gasteiger partial charge in [-0.1, -0.05) is 29.8 Å². The maximum absolute atomic E-state index is 11.3. The molecule has 4 heteroatoms. The zero-order valence-corrected chi connectivity index (χ0v) is 10.1. The summed E-state index contributed by atoms with van der Waals surface area (Å²) in [5.41, 5.74) is 0. The van der Waals surface area contributed by atoms with Crippen LogP contribution in [-0.4, -0.2) is 42.4 Å². The van der Waals surface area contributed by atoms with Crippen LogP contribution >= 0.6 is 15.9 Å². The molecule has 0 spiro atoms. The molecule has 0 heterocycles. The van der Waals surface area contributed by atoms with Gasteiger partial charge in [-0.25, -0.2) is 0 Å². The van der Waals surface area contributed by atoms with Gasteiger partial charge in [-0.05, 0) is 6.42 Å². The molecule has 0 saturated carbocycles. The lowest BCUT2D eigenvalue weighted by molar-refractivity contribution is -0.134. The van der Waals surface area contributed by atoms with E-state index in [9.17, 15) is 4.79 Å². The van der Waals surface area contributed by atoms with E-state index in [1.165, 1.54) is 0 Å². The summed E-state index contributed by atoms with van der Waals surface area (Å²) < 4.78 is 5.14. The van der Waals surface area contributed by atoms with Crippen molar-refractivity contribution in [3.05, 3.63) is 0 Å². The van der Waals surface area contributed by atoms with Gasteiger partial charge < -0.3 is 9.64 Å². The van der Waals surface area contributed by atoms with E-state index in [1.54, 1.807) is 11.9 Å². The van der Waals surface area contributed by atoms with E-state index in [4.69, 9.17) is 4.74 Å². The highest BCUT2D eigenvalue weighted by molar-refractivity contribution is 9.09. The number of halogens is 1. The molecule has 0 rings (SSSR count). The molecule has 0 N–H and O–H groups in total. The Morgan fingerprint density at radius 1 is 1.62 bits per heavy atom. The molecular formula is C9H18BrNO2. The number of amides is 1. The van der Waals surface area contributed by atoms with E-state index in [1.807, 2.05) is 13.8 Å². The lowest BCUT2D eigenvalue weighted by Crippen LogP contribution is -2.34. The van der Waals surface area contributed by atoms with Gasteiger partial charge in [0.15, 0.2) is 0 Å². The molecule has 0 aromatic carbocycles. The number of carbonyl (C=O) groups excluding carboxylic acids is 1. The van der Waals surface area contributed by atoms with Gasteiger partial charge in [-0.3, -0.25) is 4.79 Å². The number of hydrogen-bond acceptors (Lipinski definition) is 2. The smallest absolute Gasteiger partial charge is 0.248 e. The molecule has 0 bridgehead atoms. The summed E-state index contributed by atoms with van der Waals surface area (Å²) >= 11 is 3.39. The number of ether oxygens (including phenoxy) is 1. The normalized spacial score (nSPS) is 12.6. The fourth-order valence-electron chi connectivity index (χ4n) is 0.893. The first-order chi connectivity index (χ1) is 6.07. The second-order valence-electron chi connectivity index (χ2n) is 3.11. The molecule has 1 atom stereocenters. The third-order valence-electron chi connectivity index (χ3n) is 1.53. The summed E-state index contributed by atoms with van der Waals surface area (Å²) in [5.74, 6) is 0.0414. The largest absolute Gasteiger partial charge is 0.372 e. The van der Waals surface area contributed by atoms with Gasteiger partial charge in [0.1, 0.15) is 6.61 Å². The second-order valence-corrected chi connectivity index (χ2v) is 4.67. The molecule has 0 radical (unpaired) electrons. The van der Waals surface area contributed by atoms with Crippen molar-refractivity contribution in [2.24, 2.45) is 0 Å². The predicted molar refractivity (Wildman–Crippen MR) is 57.1 cm³/mol. The Bertz CT molecular complexity index is 151. The first kappa shape index (κ1) is 12.9. The molecule has 1 unspecified atom stereocenters. The minimum atomic E-state index is 0.0414. The topological polar surface area (TPSA) is 29.5 Å². The van der Waals surface area contributed by atoms with Crippen molar-refractivity contribution in [2.75, 3.05) is 26.8 Å². The van der Waals surface area contributed by atoms with Gasteiger partial charge in [0.2, 0.25) is 5.91 Å². The van der Waals surface area contributed by atoms with Crippen molar-refractivity contribution in [1.29, 1.82) is 0 Å². The number of nitrogens with zero attached hydrogens (tertiary/aromatic N) is 1. The quantitative estimate of drug-likeness (QED) is 0.531. The van der Waals surface area contributed by atoms with Crippen molar-refractivity contribution in [3.8, 4) is 0 Å². The van der Waals surface area contributed by atoms with Crippen LogP contribution in [0.5, 0.6) is 0 Å². The van der Waals surface area contributed by atoms with E-state index < -0.39 is 0 Å². The molecule has 0 aliphatic carbocycles. The number of rotatable bonds is 6. The molecule has 0 saturated heterocycles. The molecule has 0 aromatic rings. The molecule has 0 aromatic heterocycles. The van der Waals surface area contributed by atoms with Gasteiger partial charge in [0.05, 0.1) is 0 Å². The monoisotopic (exact) mass is 251 g/mol. The summed E-state index contributed by atoms with van der Waals surface area (Å²) in [5, 5.41) is 0. The van der Waals surface area contributed by atoms with E-state index in [0.29, 0.717) is 18.0 Å². The minimum Gasteiger partial charge on any atom is -0.372 e. The zero-order chi connectivity index (χ0) is 10.3. The fourth-order valence-corrected chi connectivity index (χ4v) is 1.33. The average molecular weight is 252 g/mol. The van der Waals surface area contributed by atoms with Gasteiger partial charge in [0.25, 0.3) is 0 Å². The van der Waals surface area contributed by atoms with Crippen LogP contribution < -0.4 is 0 Å². The molecule has 0 aliphatic rings. The maximum Gasteiger partial charge on any atom is 0.248 e. The highest BCUT2D eigenvalue weighted by Gasteiger charge is 2.09. The summed E-state index contributed by atoms with van der Waals surface area (Å²) in [6.45, 7) is 5.60. The number of carbonyl (C=O) groups is 1. The number of likely N-dealkylation sites (N-methyl/N-ethyl adjacent to an activating group) is 1. The molecule has 0 fully saturated rings. The van der Waals surface area contributed by atoms with Gasteiger partial charge in [-0.2, -0.15) is 0 Å². The Kier molecular flexibility index (Phi) is 7.28. The van der Waals surface area contributed by atoms with Crippen LogP contribution in [0.2, 0.25) is 0 Å². The van der Waals surface area contributed by atoms with Gasteiger partial charge in [0, 0.05) is 25.0 Å². The average Bonchev–Trinajstić information content (AvgIpc) is 2.03. The van der Waals surface area contributed by atoms with Crippen LogP contribution in [0.15, 0.2) is 0 Å². The van der Waals surface area contributed by atoms with Crippen molar-refractivity contribution in [3.63, 3.8) is 0 Å². The lowest BCUT2D eigenvalue weighted by atomic mass is 10.4. The zero-order valence-electron chi connectivity index (χ0n) is 8.55. The van der Waals surface area contributed by atoms with Crippen LogP contribution in [0.25, 0.3) is 0 Å². The lowest BCUT2D eigenvalue weighted by Gasteiger charge is -2.18. The van der Waals surface area contributed by atoms with Crippen molar-refractivity contribution in [1.82, 2.24) is 4.90 Å². The Morgan fingerprint density at radius 2 is 2.23 bits per heavy atom. The van der Waals surface area contributed by atoms with E-state index >= 15 is 0 Å². The Morgan fingerprint density at radius 3 is 2.69 bits per heavy atom. The van der Waals surface area contributed by atoms with E-state index in [-0.39, 0.29) is 12.5 Å². The predicted octanol–water partition coefficient (Wildman–Crippen LogP) is 1.65. The fraction of sp³-hybridized carbons (Fsp3) is 0.889. The minimum absolute atomic E-state index is 0.0414. The molecule has 3 nitrogen and oxygen atoms in total. The summed E-state index contributed by atoms with van der Waals surface area (Å²) in [6, 6.07) is 0. The SMILES string of the molecule is CCCOCC(=O)N(C)CC(C)Br. The summed E-state index contributed by atoms with van der Waals surface area (Å²) in [6.07, 6.45) is 0.950. The molecule has 78 valence electrons. The number of hydrogen-bond donors (Lipinski definition) is 0. The molecule has 0 aliphatic heterocycles.